The molecule has 0 aliphatic carbocycles. The predicted molar refractivity (Wildman–Crippen MR) is 58.4 cm³/mol. The molecule has 0 saturated heterocycles. The minimum absolute atomic E-state index is 0.178. The van der Waals surface area contributed by atoms with E-state index in [-0.39, 0.29) is 18.1 Å². The molecule has 0 aliphatic heterocycles. The first-order chi connectivity index (χ1) is 8.47. The van der Waals surface area contributed by atoms with Crippen molar-refractivity contribution in [2.45, 2.75) is 12.2 Å². The Hall–Kier alpha value is -2.42. The van der Waals surface area contributed by atoms with Crippen molar-refractivity contribution < 1.29 is 20.1 Å². The molecule has 0 saturated carbocycles. The number of aliphatic hydroxyl groups excluding tert-OH is 2. The number of carboxylic acid groups (broad SMARTS) is 1. The maximum absolute atomic E-state index is 10.7. The van der Waals surface area contributed by atoms with Gasteiger partial charge in [0.15, 0.2) is 11.5 Å². The second kappa shape index (κ2) is 5.77. The highest BCUT2D eigenvalue weighted by atomic mass is 16.4. The maximum atomic E-state index is 10.7. The standard InChI is InChI=1S/C8H10N6O4/c9-7-5(8(17)18)13-3(1-11-7)6(16)4(15)2-12-14-10/h1,4,6,15-16H,2H2,(H2,9,11)(H,17,18). The van der Waals surface area contributed by atoms with E-state index in [0.29, 0.717) is 0 Å². The van der Waals surface area contributed by atoms with Crippen LogP contribution in [0.15, 0.2) is 11.3 Å². The third kappa shape index (κ3) is 3.04. The molecule has 0 spiro atoms. The fourth-order valence-electron chi connectivity index (χ4n) is 1.13. The number of carboxylic acids is 1. The molecule has 0 amide bonds. The van der Waals surface area contributed by atoms with Crippen LogP contribution in [0.4, 0.5) is 5.82 Å². The van der Waals surface area contributed by atoms with E-state index in [2.05, 4.69) is 20.0 Å². The summed E-state index contributed by atoms with van der Waals surface area (Å²) in [6, 6.07) is 0. The summed E-state index contributed by atoms with van der Waals surface area (Å²) in [5.74, 6) is -1.71. The van der Waals surface area contributed by atoms with Crippen LogP contribution in [0.25, 0.3) is 10.4 Å². The summed E-state index contributed by atoms with van der Waals surface area (Å²) in [6.45, 7) is -0.383. The average molecular weight is 254 g/mol. The number of azide groups is 1. The zero-order valence-corrected chi connectivity index (χ0v) is 9.00. The van der Waals surface area contributed by atoms with Crippen LogP contribution >= 0.6 is 0 Å². The third-order valence-electron chi connectivity index (χ3n) is 2.02. The average Bonchev–Trinajstić information content (AvgIpc) is 2.35. The summed E-state index contributed by atoms with van der Waals surface area (Å²) in [5, 5.41) is 30.9. The predicted octanol–water partition coefficient (Wildman–Crippen LogP) is -0.538. The molecule has 10 heteroatoms. The molecule has 1 aromatic heterocycles. The van der Waals surface area contributed by atoms with Crippen LogP contribution in [0, 0.1) is 0 Å². The fourth-order valence-corrected chi connectivity index (χ4v) is 1.13. The Kier molecular flexibility index (Phi) is 4.38. The van der Waals surface area contributed by atoms with Crippen LogP contribution in [-0.4, -0.2) is 43.9 Å². The number of aromatic nitrogens is 2. The van der Waals surface area contributed by atoms with E-state index in [0.717, 1.165) is 6.20 Å². The van der Waals surface area contributed by atoms with Gasteiger partial charge in [-0.05, 0) is 5.53 Å². The molecule has 10 nitrogen and oxygen atoms in total. The number of nitrogens with zero attached hydrogens (tertiary/aromatic N) is 5. The number of aromatic carboxylic acids is 1. The first kappa shape index (κ1) is 13.6. The van der Waals surface area contributed by atoms with Gasteiger partial charge < -0.3 is 21.1 Å². The van der Waals surface area contributed by atoms with E-state index in [1.165, 1.54) is 0 Å². The zero-order chi connectivity index (χ0) is 13.7. The van der Waals surface area contributed by atoms with Gasteiger partial charge >= 0.3 is 5.97 Å². The van der Waals surface area contributed by atoms with Crippen LogP contribution < -0.4 is 5.73 Å². The summed E-state index contributed by atoms with van der Waals surface area (Å²) >= 11 is 0. The Morgan fingerprint density at radius 2 is 2.28 bits per heavy atom. The molecule has 0 bridgehead atoms. The molecule has 5 N–H and O–H groups in total. The molecule has 18 heavy (non-hydrogen) atoms. The smallest absolute Gasteiger partial charge is 0.358 e. The van der Waals surface area contributed by atoms with Gasteiger partial charge in [-0.2, -0.15) is 0 Å². The molecule has 1 rings (SSSR count). The lowest BCUT2D eigenvalue weighted by Gasteiger charge is -2.15. The monoisotopic (exact) mass is 254 g/mol. The molecule has 0 radical (unpaired) electrons. The summed E-state index contributed by atoms with van der Waals surface area (Å²) in [4.78, 5) is 20.3. The van der Waals surface area contributed by atoms with E-state index in [1.54, 1.807) is 0 Å². The van der Waals surface area contributed by atoms with E-state index in [4.69, 9.17) is 16.4 Å². The highest BCUT2D eigenvalue weighted by Gasteiger charge is 2.22. The molecule has 96 valence electrons. The lowest BCUT2D eigenvalue weighted by Crippen LogP contribution is -2.23. The van der Waals surface area contributed by atoms with Crippen molar-refractivity contribution in [3.8, 4) is 0 Å². The maximum Gasteiger partial charge on any atom is 0.358 e. The van der Waals surface area contributed by atoms with Gasteiger partial charge in [0.05, 0.1) is 24.5 Å². The topological polar surface area (TPSA) is 178 Å². The SMILES string of the molecule is [N-]=[N+]=NCC(O)C(O)c1cnc(N)c(C(=O)O)n1. The van der Waals surface area contributed by atoms with Gasteiger partial charge in [0, 0.05) is 4.91 Å². The van der Waals surface area contributed by atoms with Gasteiger partial charge in [-0.15, -0.1) is 0 Å². The summed E-state index contributed by atoms with van der Waals surface area (Å²) in [7, 11) is 0. The van der Waals surface area contributed by atoms with Crippen LogP contribution in [-0.2, 0) is 0 Å². The highest BCUT2D eigenvalue weighted by molar-refractivity contribution is 5.90. The normalized spacial score (nSPS) is 13.4. The van der Waals surface area contributed by atoms with Crippen molar-refractivity contribution in [2.24, 2.45) is 5.11 Å². The highest BCUT2D eigenvalue weighted by Crippen LogP contribution is 2.16. The Bertz CT molecular complexity index is 500. The largest absolute Gasteiger partial charge is 0.476 e. The van der Waals surface area contributed by atoms with Crippen LogP contribution in [0.2, 0.25) is 0 Å². The van der Waals surface area contributed by atoms with Gasteiger partial charge in [-0.3, -0.25) is 0 Å². The number of nitrogens with two attached hydrogens (primary N) is 1. The summed E-state index contributed by atoms with van der Waals surface area (Å²) in [5.41, 5.74) is 12.6. The zero-order valence-electron chi connectivity index (χ0n) is 9.00. The van der Waals surface area contributed by atoms with Gasteiger partial charge in [0.2, 0.25) is 0 Å². The first-order valence-corrected chi connectivity index (χ1v) is 4.70. The Balaban J connectivity index is 2.99. The van der Waals surface area contributed by atoms with Crippen LogP contribution in [0.3, 0.4) is 0 Å². The van der Waals surface area contributed by atoms with E-state index in [9.17, 15) is 15.0 Å². The quantitative estimate of drug-likeness (QED) is 0.309. The number of anilines is 1. The Morgan fingerprint density at radius 1 is 1.61 bits per heavy atom. The molecule has 0 fully saturated rings. The number of hydrogen-bond acceptors (Lipinski definition) is 7. The number of nitrogen functional groups attached to an aromatic ring is 1. The minimum Gasteiger partial charge on any atom is -0.476 e. The Labute approximate surface area is 100 Å². The molecule has 0 aliphatic rings. The van der Waals surface area contributed by atoms with Gasteiger partial charge in [0.1, 0.15) is 6.10 Å². The van der Waals surface area contributed by atoms with Crippen molar-refractivity contribution in [1.29, 1.82) is 0 Å². The van der Waals surface area contributed by atoms with Crippen molar-refractivity contribution in [3.63, 3.8) is 0 Å². The van der Waals surface area contributed by atoms with E-state index >= 15 is 0 Å². The minimum atomic E-state index is -1.53. The second-order valence-electron chi connectivity index (χ2n) is 3.26. The van der Waals surface area contributed by atoms with Gasteiger partial charge in [-0.25, -0.2) is 14.8 Å². The summed E-state index contributed by atoms with van der Waals surface area (Å²) in [6.07, 6.45) is -1.91. The van der Waals surface area contributed by atoms with Gasteiger partial charge in [-0.1, -0.05) is 5.11 Å². The third-order valence-corrected chi connectivity index (χ3v) is 2.02. The van der Waals surface area contributed by atoms with Crippen LogP contribution in [0.5, 0.6) is 0 Å². The molecule has 1 aromatic rings. The lowest BCUT2D eigenvalue weighted by molar-refractivity contribution is 0.0213. The molecular weight excluding hydrogens is 244 g/mol. The fraction of sp³-hybridized carbons (Fsp3) is 0.375. The molecule has 0 aromatic carbocycles. The van der Waals surface area contributed by atoms with Crippen molar-refractivity contribution in [2.75, 3.05) is 12.3 Å². The number of hydrogen-bond donors (Lipinski definition) is 4. The number of rotatable bonds is 5. The molecule has 2 atom stereocenters. The van der Waals surface area contributed by atoms with E-state index < -0.39 is 23.9 Å². The number of aliphatic hydroxyl groups is 2. The van der Waals surface area contributed by atoms with Crippen molar-refractivity contribution >= 4 is 11.8 Å². The van der Waals surface area contributed by atoms with Crippen molar-refractivity contribution in [1.82, 2.24) is 9.97 Å². The van der Waals surface area contributed by atoms with Crippen molar-refractivity contribution in [3.05, 3.63) is 28.0 Å². The van der Waals surface area contributed by atoms with E-state index in [1.807, 2.05) is 0 Å². The molecule has 1 heterocycles. The van der Waals surface area contributed by atoms with Crippen LogP contribution in [0.1, 0.15) is 22.3 Å². The first-order valence-electron chi connectivity index (χ1n) is 4.70. The number of carbonyl (C=O) groups is 1. The second-order valence-corrected chi connectivity index (χ2v) is 3.26. The molecular formula is C8H10N6O4. The molecule has 2 unspecified atom stereocenters. The summed E-state index contributed by atoms with van der Waals surface area (Å²) < 4.78 is 0. The lowest BCUT2D eigenvalue weighted by atomic mass is 10.1. The van der Waals surface area contributed by atoms with Gasteiger partial charge in [0.25, 0.3) is 0 Å². The Morgan fingerprint density at radius 3 is 2.83 bits per heavy atom.